The van der Waals surface area contributed by atoms with Gasteiger partial charge in [0.25, 0.3) is 0 Å². The van der Waals surface area contributed by atoms with Crippen LogP contribution in [-0.4, -0.2) is 56.3 Å². The molecule has 3 aliphatic heterocycles. The van der Waals surface area contributed by atoms with Crippen LogP contribution in [0.4, 0.5) is 17.3 Å². The number of halogens is 4. The van der Waals surface area contributed by atoms with Crippen LogP contribution in [0.2, 0.25) is 0 Å². The number of rotatable bonds is 0. The third-order valence-corrected chi connectivity index (χ3v) is 2.20. The molecule has 0 unspecified atom stereocenters. The second-order valence-corrected chi connectivity index (χ2v) is 3.18. The van der Waals surface area contributed by atoms with Gasteiger partial charge in [-0.2, -0.15) is 0 Å². The van der Waals surface area contributed by atoms with Crippen molar-refractivity contribution >= 4 is 7.25 Å². The molecule has 3 heterocycles. The second kappa shape index (κ2) is 4.28. The third kappa shape index (κ3) is 5.10. The number of fused-ring (bicyclic) bond motifs is 3. The van der Waals surface area contributed by atoms with E-state index in [1.807, 2.05) is 0 Å². The highest BCUT2D eigenvalue weighted by molar-refractivity contribution is 6.50. The first-order valence-corrected chi connectivity index (χ1v) is 4.27. The van der Waals surface area contributed by atoms with E-state index in [1.54, 1.807) is 0 Å². The zero-order chi connectivity index (χ0) is 9.90. The molecule has 2 nitrogen and oxygen atoms in total. The molecule has 3 fully saturated rings. The monoisotopic (exact) mass is 199 g/mol. The zero-order valence-electron chi connectivity index (χ0n) is 7.23. The molecule has 0 amide bonds. The van der Waals surface area contributed by atoms with Crippen LogP contribution in [0.25, 0.3) is 0 Å². The summed E-state index contributed by atoms with van der Waals surface area (Å²) in [4.78, 5) is 5.08. The van der Waals surface area contributed by atoms with Gasteiger partial charge >= 0.3 is 7.25 Å². The quantitative estimate of drug-likeness (QED) is 0.422. The average molecular weight is 199 g/mol. The summed E-state index contributed by atoms with van der Waals surface area (Å²) in [6, 6.07) is 0. The van der Waals surface area contributed by atoms with Crippen LogP contribution in [0.5, 0.6) is 0 Å². The lowest BCUT2D eigenvalue weighted by Gasteiger charge is -2.41. The summed E-state index contributed by atoms with van der Waals surface area (Å²) in [7, 11) is -6.00. The summed E-state index contributed by atoms with van der Waals surface area (Å²) in [5.74, 6) is 0. The third-order valence-electron chi connectivity index (χ3n) is 2.20. The molecule has 7 heteroatoms. The van der Waals surface area contributed by atoms with Crippen LogP contribution in [0.15, 0.2) is 0 Å². The topological polar surface area (TPSA) is 6.48 Å². The molecule has 0 saturated carbocycles. The Morgan fingerprint density at radius 1 is 0.615 bits per heavy atom. The molecule has 0 aliphatic carbocycles. The van der Waals surface area contributed by atoms with E-state index in [4.69, 9.17) is 0 Å². The predicted octanol–water partition coefficient (Wildman–Crippen LogP) is 0.918. The van der Waals surface area contributed by atoms with Gasteiger partial charge in [-0.1, -0.05) is 0 Å². The van der Waals surface area contributed by atoms with Crippen molar-refractivity contribution in [3.05, 3.63) is 0 Å². The van der Waals surface area contributed by atoms with Crippen LogP contribution in [0, 0.1) is 0 Å². The average Bonchev–Trinajstić information content (AvgIpc) is 2.05. The Hall–Kier alpha value is -0.295. The summed E-state index contributed by atoms with van der Waals surface area (Å²) in [6.45, 7) is 7.92. The normalized spacial score (nSPS) is 32.3. The summed E-state index contributed by atoms with van der Waals surface area (Å²) in [6.07, 6.45) is 0. The van der Waals surface area contributed by atoms with Crippen molar-refractivity contribution in [3.63, 3.8) is 0 Å². The minimum atomic E-state index is -6.00. The molecule has 78 valence electrons. The van der Waals surface area contributed by atoms with Gasteiger partial charge in [-0.3, -0.25) is 9.80 Å². The van der Waals surface area contributed by atoms with E-state index in [0.717, 1.165) is 0 Å². The smallest absolute Gasteiger partial charge is 0.418 e. The molecular formula is C6H12BF4N2-. The fourth-order valence-corrected chi connectivity index (χ4v) is 1.52. The number of nitrogens with zero attached hydrogens (tertiary/aromatic N) is 2. The summed E-state index contributed by atoms with van der Waals surface area (Å²) >= 11 is 0. The van der Waals surface area contributed by atoms with Crippen LogP contribution >= 0.6 is 0 Å². The number of hydrogen-bond donors (Lipinski definition) is 0. The van der Waals surface area contributed by atoms with Gasteiger partial charge in [0.1, 0.15) is 0 Å². The van der Waals surface area contributed by atoms with Crippen LogP contribution < -0.4 is 0 Å². The van der Waals surface area contributed by atoms with Crippen molar-refractivity contribution in [2.75, 3.05) is 39.3 Å². The SMILES string of the molecule is C1CN2CCN1CC2.F[B-](F)(F)F. The molecule has 3 saturated heterocycles. The lowest BCUT2D eigenvalue weighted by atomic mass is 10.2. The maximum Gasteiger partial charge on any atom is 0.673 e. The van der Waals surface area contributed by atoms with Gasteiger partial charge in [0.2, 0.25) is 0 Å². The number of piperazine rings is 3. The second-order valence-electron chi connectivity index (χ2n) is 3.18. The first-order valence-electron chi connectivity index (χ1n) is 4.27. The maximum atomic E-state index is 9.75. The van der Waals surface area contributed by atoms with Crippen molar-refractivity contribution in [1.29, 1.82) is 0 Å². The van der Waals surface area contributed by atoms with Crippen LogP contribution in [0.1, 0.15) is 0 Å². The first kappa shape index (κ1) is 10.8. The highest BCUT2D eigenvalue weighted by atomic mass is 19.5. The van der Waals surface area contributed by atoms with E-state index in [1.165, 1.54) is 39.3 Å². The molecule has 13 heavy (non-hydrogen) atoms. The van der Waals surface area contributed by atoms with Gasteiger partial charge in [-0.25, -0.2) is 0 Å². The Balaban J connectivity index is 0.000000149. The van der Waals surface area contributed by atoms with Crippen molar-refractivity contribution < 1.29 is 17.3 Å². The van der Waals surface area contributed by atoms with E-state index >= 15 is 0 Å². The van der Waals surface area contributed by atoms with Crippen LogP contribution in [0.3, 0.4) is 0 Å². The van der Waals surface area contributed by atoms with Crippen molar-refractivity contribution in [2.45, 2.75) is 0 Å². The summed E-state index contributed by atoms with van der Waals surface area (Å²) < 4.78 is 39.0. The van der Waals surface area contributed by atoms with E-state index in [9.17, 15) is 17.3 Å². The molecular weight excluding hydrogens is 187 g/mol. The predicted molar refractivity (Wildman–Crippen MR) is 43.1 cm³/mol. The molecule has 0 aromatic carbocycles. The Morgan fingerprint density at radius 2 is 0.769 bits per heavy atom. The summed E-state index contributed by atoms with van der Waals surface area (Å²) in [5, 5.41) is 0. The zero-order valence-corrected chi connectivity index (χ0v) is 7.23. The van der Waals surface area contributed by atoms with E-state index in [0.29, 0.717) is 0 Å². The number of hydrogen-bond acceptors (Lipinski definition) is 2. The Labute approximate surface area is 74.6 Å². The minimum absolute atomic E-state index is 1.32. The molecule has 0 aromatic rings. The molecule has 0 atom stereocenters. The van der Waals surface area contributed by atoms with Crippen LogP contribution in [-0.2, 0) is 0 Å². The first-order chi connectivity index (χ1) is 5.95. The standard InChI is InChI=1S/C6H12N2.BF4/c1-2-8-5-3-7(1)4-6-8;2-1(3,4)5/h1-6H2;/q;-1. The molecule has 3 aliphatic rings. The Morgan fingerprint density at radius 3 is 0.846 bits per heavy atom. The maximum absolute atomic E-state index is 9.75. The largest absolute Gasteiger partial charge is 0.673 e. The Bertz CT molecular complexity index is 126. The van der Waals surface area contributed by atoms with Gasteiger partial charge < -0.3 is 17.3 Å². The Kier molecular flexibility index (Phi) is 3.55. The molecule has 0 N–H and O–H groups in total. The van der Waals surface area contributed by atoms with Crippen molar-refractivity contribution in [3.8, 4) is 0 Å². The van der Waals surface area contributed by atoms with Gasteiger partial charge in [-0.05, 0) is 0 Å². The van der Waals surface area contributed by atoms with E-state index in [-0.39, 0.29) is 0 Å². The molecule has 2 bridgehead atoms. The fraction of sp³-hybridized carbons (Fsp3) is 1.00. The lowest BCUT2D eigenvalue weighted by Crippen LogP contribution is -2.55. The molecule has 0 aromatic heterocycles. The van der Waals surface area contributed by atoms with E-state index < -0.39 is 7.25 Å². The van der Waals surface area contributed by atoms with Gasteiger partial charge in [0.05, 0.1) is 0 Å². The van der Waals surface area contributed by atoms with E-state index in [2.05, 4.69) is 9.80 Å². The fourth-order valence-electron chi connectivity index (χ4n) is 1.52. The van der Waals surface area contributed by atoms with Gasteiger partial charge in [0, 0.05) is 39.3 Å². The lowest BCUT2D eigenvalue weighted by molar-refractivity contribution is 0.0647. The molecule has 0 radical (unpaired) electrons. The van der Waals surface area contributed by atoms with Gasteiger partial charge in [-0.15, -0.1) is 0 Å². The highest BCUT2D eigenvalue weighted by Gasteiger charge is 2.21. The molecule has 3 rings (SSSR count). The summed E-state index contributed by atoms with van der Waals surface area (Å²) in [5.41, 5.74) is 0. The van der Waals surface area contributed by atoms with Gasteiger partial charge in [0.15, 0.2) is 0 Å². The minimum Gasteiger partial charge on any atom is -0.418 e. The van der Waals surface area contributed by atoms with Crippen molar-refractivity contribution in [1.82, 2.24) is 9.80 Å². The highest BCUT2D eigenvalue weighted by Crippen LogP contribution is 2.07. The van der Waals surface area contributed by atoms with Crippen molar-refractivity contribution in [2.24, 2.45) is 0 Å². The molecule has 0 spiro atoms.